The number of esters is 1. The molecule has 0 aliphatic rings. The van der Waals surface area contributed by atoms with E-state index in [1.165, 1.54) is 23.5 Å². The van der Waals surface area contributed by atoms with Gasteiger partial charge in [-0.15, -0.1) is 11.3 Å². The molecule has 3 aromatic carbocycles. The molecule has 0 unspecified atom stereocenters. The maximum Gasteiger partial charge on any atom is 0.416 e. The third kappa shape index (κ3) is 6.48. The molecule has 1 aromatic heterocycles. The van der Waals surface area contributed by atoms with E-state index in [0.717, 1.165) is 23.1 Å². The highest BCUT2D eigenvalue weighted by atomic mass is 32.1. The van der Waals surface area contributed by atoms with Gasteiger partial charge in [0.05, 0.1) is 36.2 Å². The highest BCUT2D eigenvalue weighted by Gasteiger charge is 2.30. The van der Waals surface area contributed by atoms with Crippen molar-refractivity contribution in [2.24, 2.45) is 4.99 Å². The summed E-state index contributed by atoms with van der Waals surface area (Å²) in [7, 11) is 1.60. The molecular formula is C28H25F3N2O3S. The molecule has 9 heteroatoms. The van der Waals surface area contributed by atoms with Crippen LogP contribution in [0.5, 0.6) is 5.75 Å². The second kappa shape index (κ2) is 11.5. The average molecular weight is 527 g/mol. The fraction of sp³-hybridized carbons (Fsp3) is 0.214. The zero-order valence-corrected chi connectivity index (χ0v) is 21.1. The first-order valence-electron chi connectivity index (χ1n) is 11.6. The van der Waals surface area contributed by atoms with Gasteiger partial charge >= 0.3 is 12.1 Å². The number of rotatable bonds is 8. The number of carbonyl (C=O) groups excluding carboxylic acids is 1. The van der Waals surface area contributed by atoms with E-state index in [9.17, 15) is 18.0 Å². The molecule has 0 aliphatic carbocycles. The van der Waals surface area contributed by atoms with Crippen molar-refractivity contribution in [2.45, 2.75) is 26.1 Å². The first kappa shape index (κ1) is 26.2. The molecule has 0 saturated heterocycles. The topological polar surface area (TPSA) is 52.8 Å². The number of nitrogens with zero attached hydrogens (tertiary/aromatic N) is 2. The van der Waals surface area contributed by atoms with Gasteiger partial charge in [-0.1, -0.05) is 18.2 Å². The molecule has 0 spiro atoms. The summed E-state index contributed by atoms with van der Waals surface area (Å²) in [4.78, 5) is 17.4. The Morgan fingerprint density at radius 1 is 1.03 bits per heavy atom. The molecule has 4 aromatic rings. The predicted octanol–water partition coefficient (Wildman–Crippen LogP) is 6.90. The molecular weight excluding hydrogens is 501 g/mol. The summed E-state index contributed by atoms with van der Waals surface area (Å²) in [5.74, 6) is 0.323. The molecule has 0 radical (unpaired) electrons. The minimum atomic E-state index is -4.39. The van der Waals surface area contributed by atoms with E-state index < -0.39 is 17.7 Å². The summed E-state index contributed by atoms with van der Waals surface area (Å²) in [5.41, 5.74) is 2.82. The number of benzene rings is 3. The summed E-state index contributed by atoms with van der Waals surface area (Å²) in [6, 6.07) is 19.7. The molecule has 0 aliphatic heterocycles. The molecule has 37 heavy (non-hydrogen) atoms. The third-order valence-electron chi connectivity index (χ3n) is 5.67. The van der Waals surface area contributed by atoms with Crippen molar-refractivity contribution in [2.75, 3.05) is 13.7 Å². The first-order chi connectivity index (χ1) is 17.8. The van der Waals surface area contributed by atoms with Crippen LogP contribution in [-0.2, 0) is 23.9 Å². The Morgan fingerprint density at radius 3 is 2.41 bits per heavy atom. The van der Waals surface area contributed by atoms with Gasteiger partial charge < -0.3 is 14.0 Å². The van der Waals surface area contributed by atoms with Gasteiger partial charge in [-0.3, -0.25) is 0 Å². The lowest BCUT2D eigenvalue weighted by molar-refractivity contribution is -0.137. The standard InChI is InChI=1S/C28H25F3N2O3S/c1-3-36-26(34)21-7-11-23(12-8-21)32-27-33(16-15-19-5-4-6-22(17-19)28(29,30)31)25(18-37-27)20-9-13-24(35-2)14-10-20/h4-14,17-18H,3,15-16H2,1-2H3. The second-order valence-corrected chi connectivity index (χ2v) is 8.95. The number of hydrogen-bond donors (Lipinski definition) is 0. The van der Waals surface area contributed by atoms with E-state index in [0.29, 0.717) is 41.2 Å². The number of aromatic nitrogens is 1. The monoisotopic (exact) mass is 526 g/mol. The van der Waals surface area contributed by atoms with Crippen molar-refractivity contribution < 1.29 is 27.4 Å². The molecule has 0 saturated carbocycles. The minimum absolute atomic E-state index is 0.292. The Morgan fingerprint density at radius 2 is 1.76 bits per heavy atom. The highest BCUT2D eigenvalue weighted by Crippen LogP contribution is 2.30. The van der Waals surface area contributed by atoms with Crippen LogP contribution >= 0.6 is 11.3 Å². The van der Waals surface area contributed by atoms with Crippen LogP contribution in [0.3, 0.4) is 0 Å². The maximum atomic E-state index is 13.2. The second-order valence-electron chi connectivity index (χ2n) is 8.11. The Bertz CT molecular complexity index is 1420. The van der Waals surface area contributed by atoms with Crippen LogP contribution in [-0.4, -0.2) is 24.3 Å². The van der Waals surface area contributed by atoms with Crippen LogP contribution in [0.25, 0.3) is 11.3 Å². The van der Waals surface area contributed by atoms with Gasteiger partial charge in [-0.25, -0.2) is 9.79 Å². The summed E-state index contributed by atoms with van der Waals surface area (Å²) in [6.45, 7) is 2.46. The van der Waals surface area contributed by atoms with Crippen LogP contribution in [0, 0.1) is 0 Å². The zero-order chi connectivity index (χ0) is 26.4. The van der Waals surface area contributed by atoms with Gasteiger partial charge in [0.15, 0.2) is 4.80 Å². The molecule has 192 valence electrons. The summed E-state index contributed by atoms with van der Waals surface area (Å²) in [6.07, 6.45) is -4.01. The lowest BCUT2D eigenvalue weighted by Crippen LogP contribution is -2.17. The maximum absolute atomic E-state index is 13.2. The molecule has 0 bridgehead atoms. The van der Waals surface area contributed by atoms with Gasteiger partial charge in [0.1, 0.15) is 5.75 Å². The number of alkyl halides is 3. The smallest absolute Gasteiger partial charge is 0.416 e. The summed E-state index contributed by atoms with van der Waals surface area (Å²) < 4.78 is 51.9. The molecule has 0 amide bonds. The SMILES string of the molecule is CCOC(=O)c1ccc(N=c2scc(-c3ccc(OC)cc3)n2CCc2cccc(C(F)(F)F)c2)cc1. The number of ether oxygens (including phenoxy) is 2. The number of halogens is 3. The highest BCUT2D eigenvalue weighted by molar-refractivity contribution is 7.07. The molecule has 0 N–H and O–H groups in total. The van der Waals surface area contributed by atoms with Gasteiger partial charge in [-0.05, 0) is 79.1 Å². The van der Waals surface area contributed by atoms with E-state index in [-0.39, 0.29) is 0 Å². The Hall–Kier alpha value is -3.85. The predicted molar refractivity (Wildman–Crippen MR) is 137 cm³/mol. The van der Waals surface area contributed by atoms with Crippen LogP contribution in [0.15, 0.2) is 83.2 Å². The van der Waals surface area contributed by atoms with Crippen molar-refractivity contribution in [3.63, 3.8) is 0 Å². The normalized spacial score (nSPS) is 12.0. The quantitative estimate of drug-likeness (QED) is 0.235. The zero-order valence-electron chi connectivity index (χ0n) is 20.3. The Balaban J connectivity index is 1.69. The first-order valence-corrected chi connectivity index (χ1v) is 12.5. The fourth-order valence-corrected chi connectivity index (χ4v) is 4.72. The van der Waals surface area contributed by atoms with Crippen molar-refractivity contribution in [3.8, 4) is 17.0 Å². The number of hydrogen-bond acceptors (Lipinski definition) is 5. The molecule has 4 rings (SSSR count). The van der Waals surface area contributed by atoms with E-state index in [1.54, 1.807) is 44.4 Å². The molecule has 1 heterocycles. The summed E-state index contributed by atoms with van der Waals surface area (Å²) >= 11 is 1.43. The van der Waals surface area contributed by atoms with E-state index >= 15 is 0 Å². The average Bonchev–Trinajstić information content (AvgIpc) is 3.30. The van der Waals surface area contributed by atoms with Crippen LogP contribution in [0.1, 0.15) is 28.4 Å². The van der Waals surface area contributed by atoms with Gasteiger partial charge in [-0.2, -0.15) is 13.2 Å². The van der Waals surface area contributed by atoms with Crippen LogP contribution in [0.2, 0.25) is 0 Å². The number of thiazole rings is 1. The van der Waals surface area contributed by atoms with Crippen molar-refractivity contribution in [3.05, 3.63) is 99.7 Å². The lowest BCUT2D eigenvalue weighted by Gasteiger charge is -2.12. The lowest BCUT2D eigenvalue weighted by atomic mass is 10.1. The minimum Gasteiger partial charge on any atom is -0.497 e. The van der Waals surface area contributed by atoms with Gasteiger partial charge in [0.25, 0.3) is 0 Å². The largest absolute Gasteiger partial charge is 0.497 e. The van der Waals surface area contributed by atoms with E-state index in [2.05, 4.69) is 0 Å². The number of carbonyl (C=O) groups is 1. The molecule has 0 fully saturated rings. The third-order valence-corrected chi connectivity index (χ3v) is 6.53. The van der Waals surface area contributed by atoms with Gasteiger partial charge in [0, 0.05) is 11.9 Å². The van der Waals surface area contributed by atoms with Crippen molar-refractivity contribution in [1.82, 2.24) is 4.57 Å². The van der Waals surface area contributed by atoms with Crippen molar-refractivity contribution >= 4 is 23.0 Å². The molecule has 0 atom stereocenters. The number of methoxy groups -OCH3 is 1. The van der Waals surface area contributed by atoms with E-state index in [4.69, 9.17) is 14.5 Å². The van der Waals surface area contributed by atoms with Crippen LogP contribution < -0.4 is 9.54 Å². The van der Waals surface area contributed by atoms with Gasteiger partial charge in [0.2, 0.25) is 0 Å². The van der Waals surface area contributed by atoms with Crippen molar-refractivity contribution in [1.29, 1.82) is 0 Å². The summed E-state index contributed by atoms with van der Waals surface area (Å²) in [5, 5.41) is 1.97. The van der Waals surface area contributed by atoms with Crippen LogP contribution in [0.4, 0.5) is 18.9 Å². The molecule has 5 nitrogen and oxygen atoms in total. The Labute approximate surface area is 216 Å². The fourth-order valence-electron chi connectivity index (χ4n) is 3.77. The Kier molecular flexibility index (Phi) is 8.13. The number of aryl methyl sites for hydroxylation is 1. The van der Waals surface area contributed by atoms with E-state index in [1.807, 2.05) is 34.2 Å².